The Morgan fingerprint density at radius 3 is 2.50 bits per heavy atom. The molecular weight excluding hydrogens is 369 g/mol. The Bertz CT molecular complexity index is 817. The van der Waals surface area contributed by atoms with E-state index in [0.29, 0.717) is 22.0 Å². The summed E-state index contributed by atoms with van der Waals surface area (Å²) < 4.78 is 42.0. The maximum Gasteiger partial charge on any atom is 0.408 e. The van der Waals surface area contributed by atoms with Crippen molar-refractivity contribution in [1.29, 1.82) is 0 Å². The number of rotatable bonds is 5. The number of aryl methyl sites for hydroxylation is 2. The summed E-state index contributed by atoms with van der Waals surface area (Å²) in [6, 6.07) is 2.97. The summed E-state index contributed by atoms with van der Waals surface area (Å²) in [6.45, 7) is 4.28. The van der Waals surface area contributed by atoms with Crippen LogP contribution in [0.5, 0.6) is 0 Å². The van der Waals surface area contributed by atoms with Crippen LogP contribution in [0, 0.1) is 20.8 Å². The SMILES string of the molecule is Cc1nn(C)c(C)c1[C@@H](NCC(=O)Nc1cccc(Cl)c1C)C(F)(F)F. The van der Waals surface area contributed by atoms with Gasteiger partial charge in [0.05, 0.1) is 12.2 Å². The lowest BCUT2D eigenvalue weighted by Gasteiger charge is -2.22. The minimum atomic E-state index is -4.56. The van der Waals surface area contributed by atoms with Gasteiger partial charge in [0.25, 0.3) is 0 Å². The summed E-state index contributed by atoms with van der Waals surface area (Å²) >= 11 is 5.98. The molecule has 0 spiro atoms. The van der Waals surface area contributed by atoms with Gasteiger partial charge in [0.1, 0.15) is 6.04 Å². The zero-order valence-electron chi connectivity index (χ0n) is 14.8. The van der Waals surface area contributed by atoms with Gasteiger partial charge in [0.2, 0.25) is 5.91 Å². The van der Waals surface area contributed by atoms with Crippen LogP contribution >= 0.6 is 11.6 Å². The average Bonchev–Trinajstić information content (AvgIpc) is 2.77. The molecule has 0 aliphatic carbocycles. The number of halogens is 4. The smallest absolute Gasteiger partial charge is 0.325 e. The second-order valence-corrected chi connectivity index (χ2v) is 6.43. The van der Waals surface area contributed by atoms with E-state index >= 15 is 0 Å². The van der Waals surface area contributed by atoms with Crippen LogP contribution < -0.4 is 10.6 Å². The largest absolute Gasteiger partial charge is 0.408 e. The van der Waals surface area contributed by atoms with E-state index in [9.17, 15) is 18.0 Å². The van der Waals surface area contributed by atoms with Crippen molar-refractivity contribution < 1.29 is 18.0 Å². The Morgan fingerprint density at radius 2 is 1.96 bits per heavy atom. The number of hydrogen-bond donors (Lipinski definition) is 2. The van der Waals surface area contributed by atoms with Gasteiger partial charge in [-0.1, -0.05) is 17.7 Å². The highest BCUT2D eigenvalue weighted by atomic mass is 35.5. The van der Waals surface area contributed by atoms with Gasteiger partial charge in [-0.05, 0) is 38.5 Å². The van der Waals surface area contributed by atoms with E-state index in [1.165, 1.54) is 11.6 Å². The maximum absolute atomic E-state index is 13.5. The third-order valence-electron chi connectivity index (χ3n) is 4.19. The molecule has 2 rings (SSSR count). The predicted octanol–water partition coefficient (Wildman–Crippen LogP) is 3.83. The lowest BCUT2D eigenvalue weighted by molar-refractivity contribution is -0.158. The maximum atomic E-state index is 13.5. The molecule has 0 aliphatic rings. The highest BCUT2D eigenvalue weighted by Gasteiger charge is 2.43. The molecule has 0 bridgehead atoms. The molecule has 9 heteroatoms. The standard InChI is InChI=1S/C17H20ClF3N4O/c1-9-12(18)6-5-7-13(9)23-14(26)8-22-16(17(19,20)21)15-10(2)24-25(4)11(15)3/h5-7,16,22H,8H2,1-4H3,(H,23,26)/t16-/m1/s1. The van der Waals surface area contributed by atoms with E-state index in [1.807, 2.05) is 0 Å². The number of hydrogen-bond acceptors (Lipinski definition) is 3. The molecule has 26 heavy (non-hydrogen) atoms. The molecule has 2 N–H and O–H groups in total. The fourth-order valence-corrected chi connectivity index (χ4v) is 2.90. The molecular formula is C17H20ClF3N4O. The van der Waals surface area contributed by atoms with Crippen molar-refractivity contribution in [2.24, 2.45) is 7.05 Å². The topological polar surface area (TPSA) is 59.0 Å². The number of carbonyl (C=O) groups is 1. The van der Waals surface area contributed by atoms with Gasteiger partial charge in [-0.3, -0.25) is 14.8 Å². The highest BCUT2D eigenvalue weighted by molar-refractivity contribution is 6.31. The van der Waals surface area contributed by atoms with Crippen molar-refractivity contribution in [2.45, 2.75) is 33.0 Å². The van der Waals surface area contributed by atoms with Crippen LogP contribution in [-0.2, 0) is 11.8 Å². The summed E-state index contributed by atoms with van der Waals surface area (Å²) in [5.41, 5.74) is 1.80. The number of benzene rings is 1. The fraction of sp³-hybridized carbons (Fsp3) is 0.412. The number of amides is 1. The molecule has 0 radical (unpaired) electrons. The van der Waals surface area contributed by atoms with Gasteiger partial charge < -0.3 is 5.32 Å². The van der Waals surface area contributed by atoms with Crippen molar-refractivity contribution in [1.82, 2.24) is 15.1 Å². The van der Waals surface area contributed by atoms with Crippen LogP contribution in [0.25, 0.3) is 0 Å². The fourth-order valence-electron chi connectivity index (χ4n) is 2.72. The van der Waals surface area contributed by atoms with E-state index in [0.717, 1.165) is 0 Å². The molecule has 2 aromatic rings. The van der Waals surface area contributed by atoms with E-state index in [4.69, 9.17) is 11.6 Å². The van der Waals surface area contributed by atoms with E-state index < -0.39 is 24.7 Å². The van der Waals surface area contributed by atoms with Crippen molar-refractivity contribution in [3.8, 4) is 0 Å². The molecule has 0 fully saturated rings. The third-order valence-corrected chi connectivity index (χ3v) is 4.60. The Kier molecular flexibility index (Phi) is 5.98. The first-order chi connectivity index (χ1) is 12.0. The molecule has 1 atom stereocenters. The Morgan fingerprint density at radius 1 is 1.31 bits per heavy atom. The summed E-state index contributed by atoms with van der Waals surface area (Å²) in [6.07, 6.45) is -4.56. The lowest BCUT2D eigenvalue weighted by atomic mass is 10.0. The van der Waals surface area contributed by atoms with Crippen molar-refractivity contribution >= 4 is 23.2 Å². The van der Waals surface area contributed by atoms with Gasteiger partial charge in [-0.15, -0.1) is 0 Å². The van der Waals surface area contributed by atoms with Crippen LogP contribution in [0.2, 0.25) is 5.02 Å². The summed E-state index contributed by atoms with van der Waals surface area (Å²) in [5, 5.41) is 9.36. The van der Waals surface area contributed by atoms with Crippen molar-refractivity contribution in [2.75, 3.05) is 11.9 Å². The lowest BCUT2D eigenvalue weighted by Crippen LogP contribution is -2.39. The minimum Gasteiger partial charge on any atom is -0.325 e. The highest BCUT2D eigenvalue weighted by Crippen LogP contribution is 2.35. The second kappa shape index (κ2) is 7.67. The molecule has 1 amide bonds. The van der Waals surface area contributed by atoms with Crippen molar-refractivity contribution in [3.63, 3.8) is 0 Å². The van der Waals surface area contributed by atoms with Crippen LogP contribution in [0.3, 0.4) is 0 Å². The van der Waals surface area contributed by atoms with Crippen LogP contribution in [-0.4, -0.2) is 28.4 Å². The first kappa shape index (κ1) is 20.3. The van der Waals surface area contributed by atoms with Gasteiger partial charge >= 0.3 is 6.18 Å². The molecule has 1 heterocycles. The van der Waals surface area contributed by atoms with Gasteiger partial charge in [0, 0.05) is 29.0 Å². The zero-order valence-corrected chi connectivity index (χ0v) is 15.6. The number of carbonyl (C=O) groups excluding carboxylic acids is 1. The molecule has 1 aromatic heterocycles. The molecule has 0 saturated heterocycles. The summed E-state index contributed by atoms with van der Waals surface area (Å²) in [4.78, 5) is 12.1. The van der Waals surface area contributed by atoms with Gasteiger partial charge in [-0.2, -0.15) is 18.3 Å². The molecule has 1 aromatic carbocycles. The van der Waals surface area contributed by atoms with Gasteiger partial charge in [-0.25, -0.2) is 0 Å². The molecule has 5 nitrogen and oxygen atoms in total. The van der Waals surface area contributed by atoms with E-state index in [2.05, 4.69) is 15.7 Å². The van der Waals surface area contributed by atoms with E-state index in [1.54, 1.807) is 39.1 Å². The number of anilines is 1. The predicted molar refractivity (Wildman–Crippen MR) is 94.3 cm³/mol. The number of nitrogens with one attached hydrogen (secondary N) is 2. The molecule has 0 unspecified atom stereocenters. The molecule has 0 aliphatic heterocycles. The zero-order chi connectivity index (χ0) is 19.6. The average molecular weight is 389 g/mol. The number of alkyl halides is 3. The Balaban J connectivity index is 2.15. The number of nitrogens with zero attached hydrogens (tertiary/aromatic N) is 2. The van der Waals surface area contributed by atoms with E-state index in [-0.39, 0.29) is 11.3 Å². The quantitative estimate of drug-likeness (QED) is 0.818. The van der Waals surface area contributed by atoms with Crippen LogP contribution in [0.1, 0.15) is 28.6 Å². The normalized spacial score (nSPS) is 12.9. The first-order valence-electron chi connectivity index (χ1n) is 7.87. The summed E-state index contributed by atoms with van der Waals surface area (Å²) in [7, 11) is 1.58. The third kappa shape index (κ3) is 4.37. The minimum absolute atomic E-state index is 0.0340. The van der Waals surface area contributed by atoms with Crippen LogP contribution in [0.15, 0.2) is 18.2 Å². The monoisotopic (exact) mass is 388 g/mol. The Labute approximate surface area is 154 Å². The second-order valence-electron chi connectivity index (χ2n) is 6.02. The number of aromatic nitrogens is 2. The molecule has 142 valence electrons. The first-order valence-corrected chi connectivity index (χ1v) is 8.25. The van der Waals surface area contributed by atoms with Gasteiger partial charge in [0.15, 0.2) is 0 Å². The molecule has 0 saturated carbocycles. The van der Waals surface area contributed by atoms with Crippen molar-refractivity contribution in [3.05, 3.63) is 45.7 Å². The summed E-state index contributed by atoms with van der Waals surface area (Å²) in [5.74, 6) is -0.594. The Hall–Kier alpha value is -2.06. The van der Waals surface area contributed by atoms with Crippen LogP contribution in [0.4, 0.5) is 18.9 Å².